The van der Waals surface area contributed by atoms with Crippen molar-refractivity contribution in [1.82, 2.24) is 25.2 Å². The predicted molar refractivity (Wildman–Crippen MR) is 189 cm³/mol. The third-order valence-corrected chi connectivity index (χ3v) is 8.06. The fourth-order valence-electron chi connectivity index (χ4n) is 4.99. The molecule has 47 heavy (non-hydrogen) atoms. The van der Waals surface area contributed by atoms with E-state index in [4.69, 9.17) is 14.2 Å². The maximum atomic E-state index is 13.2. The fourth-order valence-corrected chi connectivity index (χ4v) is 5.83. The highest BCUT2D eigenvalue weighted by atomic mass is 127. The summed E-state index contributed by atoms with van der Waals surface area (Å²) in [6.07, 6.45) is 7.51. The molecule has 0 bridgehead atoms. The van der Waals surface area contributed by atoms with Gasteiger partial charge in [0.2, 0.25) is 5.91 Å². The van der Waals surface area contributed by atoms with Crippen LogP contribution in [0.1, 0.15) is 37.5 Å². The number of rotatable bonds is 12. The van der Waals surface area contributed by atoms with Gasteiger partial charge in [0.1, 0.15) is 34.5 Å². The van der Waals surface area contributed by atoms with Gasteiger partial charge in [-0.3, -0.25) is 9.78 Å². The summed E-state index contributed by atoms with van der Waals surface area (Å²) in [7, 11) is 1.66. The van der Waals surface area contributed by atoms with Crippen LogP contribution >= 0.6 is 22.6 Å². The number of benzene rings is 2. The van der Waals surface area contributed by atoms with Gasteiger partial charge < -0.3 is 29.4 Å². The van der Waals surface area contributed by atoms with E-state index in [2.05, 4.69) is 54.0 Å². The van der Waals surface area contributed by atoms with E-state index in [1.807, 2.05) is 66.7 Å². The minimum atomic E-state index is -0.832. The molecule has 2 N–H and O–H groups in total. The molecule has 3 aromatic heterocycles. The first-order valence-electron chi connectivity index (χ1n) is 15.3. The van der Waals surface area contributed by atoms with E-state index in [0.717, 1.165) is 37.0 Å². The van der Waals surface area contributed by atoms with Gasteiger partial charge in [-0.1, -0.05) is 24.3 Å². The zero-order valence-corrected chi connectivity index (χ0v) is 29.0. The lowest BCUT2D eigenvalue weighted by Crippen LogP contribution is -2.49. The summed E-state index contributed by atoms with van der Waals surface area (Å²) >= 11 is 2.31. The number of hydrogen-bond acceptors (Lipinski definition) is 7. The third-order valence-electron chi connectivity index (χ3n) is 7.25. The Balaban J connectivity index is 1.27. The smallest absolute Gasteiger partial charge is 0.408 e. The number of methoxy groups -OCH3 is 1. The van der Waals surface area contributed by atoms with Crippen molar-refractivity contribution in [3.63, 3.8) is 0 Å². The second kappa shape index (κ2) is 15.3. The van der Waals surface area contributed by atoms with E-state index in [9.17, 15) is 9.59 Å². The van der Waals surface area contributed by atoms with Crippen LogP contribution in [0.15, 0.2) is 91.5 Å². The topological polar surface area (TPSA) is 117 Å². The Bertz CT molecular complexity index is 1800. The summed E-state index contributed by atoms with van der Waals surface area (Å²) in [4.78, 5) is 34.5. The van der Waals surface area contributed by atoms with E-state index < -0.39 is 17.7 Å². The Kier molecular flexibility index (Phi) is 11.0. The highest BCUT2D eigenvalue weighted by Gasteiger charge is 2.25. The Morgan fingerprint density at radius 2 is 1.57 bits per heavy atom. The molecule has 0 spiro atoms. The maximum Gasteiger partial charge on any atom is 0.408 e. The number of nitrogens with one attached hydrogen (secondary N) is 2. The van der Waals surface area contributed by atoms with Gasteiger partial charge >= 0.3 is 6.09 Å². The Hall–Kier alpha value is -4.65. The van der Waals surface area contributed by atoms with Gasteiger partial charge in [-0.2, -0.15) is 0 Å². The van der Waals surface area contributed by atoms with Crippen molar-refractivity contribution >= 4 is 45.6 Å². The van der Waals surface area contributed by atoms with Gasteiger partial charge in [-0.25, -0.2) is 9.78 Å². The minimum Gasteiger partial charge on any atom is -0.497 e. The van der Waals surface area contributed by atoms with Crippen molar-refractivity contribution in [2.75, 3.05) is 13.7 Å². The molecule has 2 amide bonds. The molecule has 0 saturated carbocycles. The van der Waals surface area contributed by atoms with E-state index >= 15 is 0 Å². The van der Waals surface area contributed by atoms with Crippen LogP contribution in [0.3, 0.4) is 0 Å². The first-order chi connectivity index (χ1) is 22.6. The van der Waals surface area contributed by atoms with E-state index in [0.29, 0.717) is 31.0 Å². The number of pyridine rings is 2. The molecule has 0 unspecified atom stereocenters. The van der Waals surface area contributed by atoms with Gasteiger partial charge in [-0.15, -0.1) is 0 Å². The molecule has 5 aromatic rings. The van der Waals surface area contributed by atoms with Gasteiger partial charge in [0.15, 0.2) is 0 Å². The zero-order chi connectivity index (χ0) is 33.4. The number of fused-ring (bicyclic) bond motifs is 1. The normalized spacial score (nSPS) is 11.9. The van der Waals surface area contributed by atoms with Crippen molar-refractivity contribution in [1.29, 1.82) is 0 Å². The van der Waals surface area contributed by atoms with Gasteiger partial charge in [-0.05, 0) is 109 Å². The second-order valence-corrected chi connectivity index (χ2v) is 13.2. The SMILES string of the molecule is COc1ccc(Cn2cc(I)c3c(Oc4ccc(C[C@H](NC(=O)OC(C)(C)C)C(=O)NCCc5ccncc5)cc4)ccnc32)cc1. The number of hydrogen-bond donors (Lipinski definition) is 2. The third kappa shape index (κ3) is 9.44. The highest BCUT2D eigenvalue weighted by Crippen LogP contribution is 2.34. The summed E-state index contributed by atoms with van der Waals surface area (Å²) in [5, 5.41) is 6.61. The van der Waals surface area contributed by atoms with Crippen LogP contribution in [0.4, 0.5) is 4.79 Å². The average Bonchev–Trinajstić information content (AvgIpc) is 3.37. The largest absolute Gasteiger partial charge is 0.497 e. The average molecular weight is 748 g/mol. The second-order valence-electron chi connectivity index (χ2n) is 12.0. The molecule has 2 aromatic carbocycles. The number of nitrogens with zero attached hydrogens (tertiary/aromatic N) is 3. The summed E-state index contributed by atoms with van der Waals surface area (Å²) in [5.41, 5.74) is 3.17. The molecule has 0 aliphatic carbocycles. The van der Waals surface area contributed by atoms with Crippen molar-refractivity contribution in [2.45, 2.75) is 51.8 Å². The van der Waals surface area contributed by atoms with Crippen molar-refractivity contribution < 1.29 is 23.8 Å². The molecule has 0 radical (unpaired) electrons. The number of halogens is 1. The summed E-state index contributed by atoms with van der Waals surface area (Å²) < 4.78 is 20.2. The fraction of sp³-hybridized carbons (Fsp3) is 0.278. The van der Waals surface area contributed by atoms with Crippen LogP contribution in [0.5, 0.6) is 17.2 Å². The lowest BCUT2D eigenvalue weighted by atomic mass is 10.0. The molecule has 3 heterocycles. The Morgan fingerprint density at radius 3 is 2.26 bits per heavy atom. The number of aromatic nitrogens is 3. The van der Waals surface area contributed by atoms with Gasteiger partial charge in [0.05, 0.1) is 12.5 Å². The standard InChI is InChI=1S/C36H38IN5O5/c1-36(2,3)47-35(44)41-30(34(43)40-19-15-24-13-17-38-18-14-24)21-25-5-11-28(12-6-25)46-31-16-20-39-33-32(31)29(37)23-42(33)22-26-7-9-27(45-4)10-8-26/h5-14,16-18,20,23,30H,15,19,21-22H2,1-4H3,(H,40,43)(H,41,44)/t30-/m0/s1. The minimum absolute atomic E-state index is 0.270. The summed E-state index contributed by atoms with van der Waals surface area (Å²) in [6, 6.07) is 20.3. The lowest BCUT2D eigenvalue weighted by molar-refractivity contribution is -0.123. The Labute approximate surface area is 288 Å². The molecule has 0 saturated heterocycles. The van der Waals surface area contributed by atoms with Crippen molar-refractivity contribution in [2.24, 2.45) is 0 Å². The number of amides is 2. The van der Waals surface area contributed by atoms with Crippen LogP contribution in [-0.4, -0.2) is 51.8 Å². The molecule has 0 fully saturated rings. The number of carbonyl (C=O) groups excluding carboxylic acids is 2. The highest BCUT2D eigenvalue weighted by molar-refractivity contribution is 14.1. The van der Waals surface area contributed by atoms with Crippen LogP contribution < -0.4 is 20.1 Å². The van der Waals surface area contributed by atoms with Crippen molar-refractivity contribution in [3.8, 4) is 17.2 Å². The molecule has 5 rings (SSSR count). The molecule has 0 aliphatic heterocycles. The van der Waals surface area contributed by atoms with Gasteiger partial charge in [0.25, 0.3) is 0 Å². The van der Waals surface area contributed by atoms with Crippen LogP contribution in [0.25, 0.3) is 11.0 Å². The van der Waals surface area contributed by atoms with Crippen molar-refractivity contribution in [3.05, 3.63) is 112 Å². The first kappa shape index (κ1) is 33.7. The maximum absolute atomic E-state index is 13.2. The lowest BCUT2D eigenvalue weighted by Gasteiger charge is -2.23. The monoisotopic (exact) mass is 747 g/mol. The number of carbonyl (C=O) groups is 2. The molecular weight excluding hydrogens is 709 g/mol. The number of alkyl carbamates (subject to hydrolysis) is 1. The van der Waals surface area contributed by atoms with Gasteiger partial charge in [0, 0.05) is 47.9 Å². The van der Waals surface area contributed by atoms with Crippen LogP contribution in [-0.2, 0) is 28.9 Å². The molecule has 11 heteroatoms. The zero-order valence-electron chi connectivity index (χ0n) is 26.8. The number of ether oxygens (including phenoxy) is 3. The summed E-state index contributed by atoms with van der Waals surface area (Å²) in [6.45, 7) is 6.42. The summed E-state index contributed by atoms with van der Waals surface area (Å²) in [5.74, 6) is 1.85. The molecule has 0 aliphatic rings. The van der Waals surface area contributed by atoms with E-state index in [-0.39, 0.29) is 12.3 Å². The molecule has 244 valence electrons. The quantitative estimate of drug-likeness (QED) is 0.137. The molecule has 1 atom stereocenters. The Morgan fingerprint density at radius 1 is 0.894 bits per heavy atom. The van der Waals surface area contributed by atoms with Crippen LogP contribution in [0.2, 0.25) is 0 Å². The molecular formula is C36H38IN5O5. The van der Waals surface area contributed by atoms with E-state index in [1.54, 1.807) is 46.5 Å². The predicted octanol–water partition coefficient (Wildman–Crippen LogP) is 6.68. The van der Waals surface area contributed by atoms with E-state index in [1.165, 1.54) is 0 Å². The van der Waals surface area contributed by atoms with Crippen LogP contribution in [0, 0.1) is 3.57 Å². The molecule has 10 nitrogen and oxygen atoms in total. The first-order valence-corrected chi connectivity index (χ1v) is 16.3.